The largest absolute Gasteiger partial charge is 0.362 e. The molecule has 9 heteroatoms. The highest BCUT2D eigenvalue weighted by Crippen LogP contribution is 2.31. The first-order chi connectivity index (χ1) is 7.73. The molecule has 2 heterocycles. The van der Waals surface area contributed by atoms with Crippen LogP contribution in [0.25, 0.3) is 0 Å². The molecule has 0 aromatic carbocycles. The van der Waals surface area contributed by atoms with Crippen molar-refractivity contribution in [1.82, 2.24) is 9.21 Å². The van der Waals surface area contributed by atoms with Crippen LogP contribution in [0.3, 0.4) is 0 Å². The Morgan fingerprint density at radius 1 is 1.41 bits per heavy atom. The zero-order chi connectivity index (χ0) is 13.0. The fraction of sp³-hybridized carbons (Fsp3) is 0.750. The Balaban J connectivity index is 2.17. The number of amides is 2. The molecule has 0 radical (unpaired) electrons. The van der Waals surface area contributed by atoms with Gasteiger partial charge < -0.3 is 4.90 Å². The lowest BCUT2D eigenvalue weighted by molar-refractivity contribution is -0.154. The van der Waals surface area contributed by atoms with Crippen molar-refractivity contribution < 1.29 is 22.6 Å². The van der Waals surface area contributed by atoms with Crippen molar-refractivity contribution in [3.8, 4) is 0 Å². The highest BCUT2D eigenvalue weighted by Gasteiger charge is 2.55. The van der Waals surface area contributed by atoms with E-state index < -0.39 is 28.3 Å². The summed E-state index contributed by atoms with van der Waals surface area (Å²) in [6, 6.07) is -1.60. The van der Waals surface area contributed by atoms with Crippen molar-refractivity contribution in [1.29, 1.82) is 0 Å². The minimum Gasteiger partial charge on any atom is -0.327 e. The van der Waals surface area contributed by atoms with Gasteiger partial charge >= 0.3 is 10.3 Å². The summed E-state index contributed by atoms with van der Waals surface area (Å²) in [5, 5.41) is -0.359. The third-order valence-electron chi connectivity index (χ3n) is 2.99. The number of carbonyl (C=O) groups is 2. The summed E-state index contributed by atoms with van der Waals surface area (Å²) in [5.41, 5.74) is 0. The van der Waals surface area contributed by atoms with Crippen LogP contribution in [0.2, 0.25) is 0 Å². The molecular weight excluding hydrogens is 272 g/mol. The summed E-state index contributed by atoms with van der Waals surface area (Å²) >= 11 is 5.79. The highest BCUT2D eigenvalue weighted by molar-refractivity contribution is 7.84. The second kappa shape index (κ2) is 3.82. The van der Waals surface area contributed by atoms with E-state index in [2.05, 4.69) is 0 Å². The van der Waals surface area contributed by atoms with Crippen LogP contribution in [0.4, 0.5) is 0 Å². The van der Waals surface area contributed by atoms with Crippen molar-refractivity contribution in [3.05, 3.63) is 0 Å². The van der Waals surface area contributed by atoms with Gasteiger partial charge in [0, 0.05) is 13.0 Å². The second-order valence-electron chi connectivity index (χ2n) is 4.14. The van der Waals surface area contributed by atoms with Gasteiger partial charge in [0.25, 0.3) is 5.91 Å². The second-order valence-corrected chi connectivity index (χ2v) is 6.05. The van der Waals surface area contributed by atoms with Gasteiger partial charge in [-0.2, -0.15) is 8.42 Å². The summed E-state index contributed by atoms with van der Waals surface area (Å²) in [5.74, 6) is -1.07. The Hall–Kier alpha value is -0.860. The SMILES string of the molecule is C[C@H]1[C@H](N2CC(Cl)CC2=O)C(=O)N1S(=O)(=O)O. The zero-order valence-corrected chi connectivity index (χ0v) is 10.5. The maximum Gasteiger partial charge on any atom is 0.362 e. The number of halogens is 1. The summed E-state index contributed by atoms with van der Waals surface area (Å²) < 4.78 is 30.9. The first kappa shape index (κ1) is 12.6. The van der Waals surface area contributed by atoms with Crippen molar-refractivity contribution in [2.24, 2.45) is 0 Å². The number of β-lactam (4-membered cyclic amide) rings is 1. The average molecular weight is 283 g/mol. The molecule has 0 saturated carbocycles. The van der Waals surface area contributed by atoms with Crippen LogP contribution in [0.5, 0.6) is 0 Å². The average Bonchev–Trinajstić information content (AvgIpc) is 2.43. The van der Waals surface area contributed by atoms with Crippen LogP contribution in [-0.2, 0) is 19.9 Å². The standard InChI is InChI=1S/C8H11ClN2O5S/c1-4-7(8(13)11(4)17(14,15)16)10-3-5(9)2-6(10)12/h4-5,7H,2-3H2,1H3,(H,14,15,16)/t4-,5?,7-/m0/s1. The van der Waals surface area contributed by atoms with E-state index in [0.717, 1.165) is 0 Å². The minimum atomic E-state index is -4.55. The van der Waals surface area contributed by atoms with Crippen LogP contribution in [0, 0.1) is 0 Å². The van der Waals surface area contributed by atoms with Gasteiger partial charge in [0.1, 0.15) is 6.04 Å². The molecule has 2 fully saturated rings. The predicted molar refractivity (Wildman–Crippen MR) is 57.6 cm³/mol. The summed E-state index contributed by atoms with van der Waals surface area (Å²) in [6.45, 7) is 1.68. The van der Waals surface area contributed by atoms with E-state index in [4.69, 9.17) is 16.2 Å². The number of rotatable bonds is 2. The lowest BCUT2D eigenvalue weighted by Crippen LogP contribution is -2.71. The molecule has 3 atom stereocenters. The maximum absolute atomic E-state index is 11.6. The van der Waals surface area contributed by atoms with Gasteiger partial charge in [0.2, 0.25) is 5.91 Å². The van der Waals surface area contributed by atoms with Gasteiger partial charge in [0.05, 0.1) is 11.4 Å². The molecule has 96 valence electrons. The third kappa shape index (κ3) is 1.90. The zero-order valence-electron chi connectivity index (χ0n) is 8.91. The molecule has 1 N–H and O–H groups in total. The Morgan fingerprint density at radius 3 is 2.35 bits per heavy atom. The van der Waals surface area contributed by atoms with Gasteiger partial charge in [-0.1, -0.05) is 0 Å². The lowest BCUT2D eigenvalue weighted by Gasteiger charge is -2.46. The Labute approximate surface area is 103 Å². The molecule has 2 aliphatic rings. The molecule has 0 spiro atoms. The fourth-order valence-electron chi connectivity index (χ4n) is 2.26. The highest BCUT2D eigenvalue weighted by atomic mass is 35.5. The van der Waals surface area contributed by atoms with Crippen molar-refractivity contribution in [3.63, 3.8) is 0 Å². The number of carbonyl (C=O) groups excluding carboxylic acids is 2. The molecule has 2 aliphatic heterocycles. The maximum atomic E-state index is 11.6. The molecule has 2 rings (SSSR count). The number of likely N-dealkylation sites (tertiary alicyclic amines) is 1. The van der Waals surface area contributed by atoms with Gasteiger partial charge in [-0.3, -0.25) is 14.1 Å². The Kier molecular flexibility index (Phi) is 2.83. The van der Waals surface area contributed by atoms with E-state index in [1.807, 2.05) is 0 Å². The third-order valence-corrected chi connectivity index (χ3v) is 4.29. The molecular formula is C8H11ClN2O5S. The van der Waals surface area contributed by atoms with Crippen LogP contribution >= 0.6 is 11.6 Å². The molecule has 0 bridgehead atoms. The molecule has 7 nitrogen and oxygen atoms in total. The van der Waals surface area contributed by atoms with Gasteiger partial charge in [-0.05, 0) is 6.92 Å². The molecule has 17 heavy (non-hydrogen) atoms. The molecule has 2 saturated heterocycles. The van der Waals surface area contributed by atoms with Gasteiger partial charge in [-0.25, -0.2) is 4.31 Å². The van der Waals surface area contributed by atoms with E-state index in [0.29, 0.717) is 4.31 Å². The molecule has 0 aromatic heterocycles. The smallest absolute Gasteiger partial charge is 0.327 e. The van der Waals surface area contributed by atoms with Crippen LogP contribution < -0.4 is 0 Å². The fourth-order valence-corrected chi connectivity index (χ4v) is 3.41. The van der Waals surface area contributed by atoms with Crippen molar-refractivity contribution in [2.75, 3.05) is 6.54 Å². The van der Waals surface area contributed by atoms with E-state index in [1.165, 1.54) is 11.8 Å². The summed E-state index contributed by atoms with van der Waals surface area (Å²) in [7, 11) is -4.55. The quantitative estimate of drug-likeness (QED) is 0.408. The molecule has 0 aliphatic carbocycles. The predicted octanol–water partition coefficient (Wildman–Crippen LogP) is -0.772. The number of hydrogen-bond donors (Lipinski definition) is 1. The first-order valence-electron chi connectivity index (χ1n) is 4.97. The van der Waals surface area contributed by atoms with E-state index >= 15 is 0 Å². The Morgan fingerprint density at radius 2 is 2.00 bits per heavy atom. The monoisotopic (exact) mass is 282 g/mol. The molecule has 1 unspecified atom stereocenters. The molecule has 0 aromatic rings. The Bertz CT molecular complexity index is 478. The van der Waals surface area contributed by atoms with Crippen molar-refractivity contribution in [2.45, 2.75) is 30.8 Å². The summed E-state index contributed by atoms with van der Waals surface area (Å²) in [4.78, 5) is 24.4. The number of alkyl halides is 1. The van der Waals surface area contributed by atoms with E-state index in [-0.39, 0.29) is 24.2 Å². The van der Waals surface area contributed by atoms with Crippen LogP contribution in [-0.4, -0.2) is 58.0 Å². The number of hydrogen-bond acceptors (Lipinski definition) is 4. The lowest BCUT2D eigenvalue weighted by atomic mass is 9.99. The van der Waals surface area contributed by atoms with E-state index in [1.54, 1.807) is 0 Å². The van der Waals surface area contributed by atoms with E-state index in [9.17, 15) is 18.0 Å². The van der Waals surface area contributed by atoms with Gasteiger partial charge in [0.15, 0.2) is 0 Å². The van der Waals surface area contributed by atoms with Crippen molar-refractivity contribution >= 4 is 33.7 Å². The first-order valence-corrected chi connectivity index (χ1v) is 6.81. The molecule has 2 amide bonds. The van der Waals surface area contributed by atoms with Crippen LogP contribution in [0.15, 0.2) is 0 Å². The number of nitrogens with zero attached hydrogens (tertiary/aromatic N) is 2. The minimum absolute atomic E-state index is 0.143. The summed E-state index contributed by atoms with van der Waals surface area (Å²) in [6.07, 6.45) is 0.143. The van der Waals surface area contributed by atoms with Crippen LogP contribution in [0.1, 0.15) is 13.3 Å². The normalized spacial score (nSPS) is 34.2. The van der Waals surface area contributed by atoms with Gasteiger partial charge in [-0.15, -0.1) is 11.6 Å². The topological polar surface area (TPSA) is 95.0 Å².